The minimum Gasteiger partial charge on any atom is -0.444 e. The molecule has 1 N–H and O–H groups in total. The van der Waals surface area contributed by atoms with Crippen LogP contribution in [-0.2, 0) is 28.7 Å². The predicted octanol–water partition coefficient (Wildman–Crippen LogP) is 1.06. The van der Waals surface area contributed by atoms with E-state index in [1.807, 2.05) is 27.7 Å². The molecule has 1 aromatic rings. The first-order chi connectivity index (χ1) is 15.9. The number of amides is 2. The quantitative estimate of drug-likeness (QED) is 0.455. The number of likely N-dealkylation sites (tertiary alicyclic amines) is 1. The first-order valence-electron chi connectivity index (χ1n) is 11.6. The third kappa shape index (κ3) is 5.95. The Bertz CT molecular complexity index is 1050. The van der Waals surface area contributed by atoms with Gasteiger partial charge in [-0.05, 0) is 61.8 Å². The van der Waals surface area contributed by atoms with Crippen LogP contribution in [0.4, 0.5) is 4.79 Å². The number of nitrogens with zero attached hydrogens (tertiary/aromatic N) is 3. The second-order valence-corrected chi connectivity index (χ2v) is 13.1. The van der Waals surface area contributed by atoms with Gasteiger partial charge in [0.25, 0.3) is 0 Å². The fourth-order valence-electron chi connectivity index (χ4n) is 3.72. The van der Waals surface area contributed by atoms with Gasteiger partial charge in [0.15, 0.2) is 0 Å². The number of ether oxygens (including phenoxy) is 1. The molecule has 2 saturated heterocycles. The smallest absolute Gasteiger partial charge is 0.444 e. The van der Waals surface area contributed by atoms with Crippen LogP contribution < -0.4 is 10.8 Å². The number of carbonyl (C=O) groups is 2. The normalized spacial score (nSPS) is 22.7. The molecule has 0 aromatic carbocycles. The number of aromatic nitrogens is 2. The van der Waals surface area contributed by atoms with Gasteiger partial charge in [-0.15, -0.1) is 0 Å². The highest BCUT2D eigenvalue weighted by molar-refractivity contribution is 7.91. The van der Waals surface area contributed by atoms with Crippen LogP contribution in [-0.4, -0.2) is 83.6 Å². The molecule has 3 rings (SSSR count). The fraction of sp³-hybridized carbons (Fsp3) is 0.727. The predicted molar refractivity (Wildman–Crippen MR) is 129 cm³/mol. The van der Waals surface area contributed by atoms with Gasteiger partial charge in [0.1, 0.15) is 11.6 Å². The van der Waals surface area contributed by atoms with Crippen molar-refractivity contribution in [1.29, 1.82) is 0 Å². The third-order valence-electron chi connectivity index (χ3n) is 6.43. The average molecular weight is 510 g/mol. The Kier molecular flexibility index (Phi) is 7.29. The molecule has 1 aromatic heterocycles. The second kappa shape index (κ2) is 9.32. The van der Waals surface area contributed by atoms with Crippen LogP contribution in [0.2, 0.25) is 0 Å². The van der Waals surface area contributed by atoms with Gasteiger partial charge in [0.2, 0.25) is 20.9 Å². The minimum absolute atomic E-state index is 0.0101. The highest BCUT2D eigenvalue weighted by Gasteiger charge is 2.52. The Morgan fingerprint density at radius 3 is 2.23 bits per heavy atom. The number of alkyl carbamates (subject to hydrolysis) is 1. The van der Waals surface area contributed by atoms with Crippen molar-refractivity contribution in [1.82, 2.24) is 20.2 Å². The van der Waals surface area contributed by atoms with Gasteiger partial charge < -0.3 is 24.3 Å². The second-order valence-electron chi connectivity index (χ2n) is 11.0. The molecular formula is C22H35BN4O7S. The van der Waals surface area contributed by atoms with E-state index in [-0.39, 0.29) is 30.6 Å². The molecule has 2 aliphatic rings. The van der Waals surface area contributed by atoms with Crippen molar-refractivity contribution in [3.05, 3.63) is 12.4 Å². The summed E-state index contributed by atoms with van der Waals surface area (Å²) in [5.74, 6) is -0.384. The minimum atomic E-state index is -3.87. The third-order valence-corrected chi connectivity index (χ3v) is 8.41. The van der Waals surface area contributed by atoms with Crippen LogP contribution in [0.3, 0.4) is 0 Å². The summed E-state index contributed by atoms with van der Waals surface area (Å²) in [5, 5.41) is 1.34. The number of hydrogen-bond donors (Lipinski definition) is 1. The standard InChI is InChI=1S/C22H35BN4O7S/c1-14(26-19(29)32-20(2,3)4)17(28)27-10-9-16(13-27)35(30,31)18-24-11-15(12-25-18)23-33-21(5,6)22(7,8)34-23/h11-12,14,16H,9-10,13H2,1-8H3,(H,26,29)/t14-,16+/m1/s1. The maximum Gasteiger partial charge on any atom is 0.498 e. The molecule has 2 aliphatic heterocycles. The molecule has 0 saturated carbocycles. The van der Waals surface area contributed by atoms with Crippen molar-refractivity contribution < 1.29 is 32.1 Å². The molecule has 0 bridgehead atoms. The highest BCUT2D eigenvalue weighted by atomic mass is 32.2. The molecule has 0 spiro atoms. The van der Waals surface area contributed by atoms with E-state index in [4.69, 9.17) is 14.0 Å². The molecule has 2 atom stereocenters. The van der Waals surface area contributed by atoms with Gasteiger partial charge >= 0.3 is 13.2 Å². The maximum atomic E-state index is 13.1. The summed E-state index contributed by atoms with van der Waals surface area (Å²) in [6.45, 7) is 14.6. The molecule has 0 unspecified atom stereocenters. The lowest BCUT2D eigenvalue weighted by Gasteiger charge is -2.32. The number of nitrogens with one attached hydrogen (secondary N) is 1. The number of carbonyl (C=O) groups excluding carboxylic acids is 2. The fourth-order valence-corrected chi connectivity index (χ4v) is 5.21. The largest absolute Gasteiger partial charge is 0.498 e. The van der Waals surface area contributed by atoms with Gasteiger partial charge in [-0.3, -0.25) is 4.79 Å². The molecule has 11 nitrogen and oxygen atoms in total. The Morgan fingerprint density at radius 2 is 1.71 bits per heavy atom. The highest BCUT2D eigenvalue weighted by Crippen LogP contribution is 2.36. The molecule has 2 fully saturated rings. The molecule has 3 heterocycles. The van der Waals surface area contributed by atoms with E-state index in [0.29, 0.717) is 5.46 Å². The zero-order valence-corrected chi connectivity index (χ0v) is 22.4. The summed E-state index contributed by atoms with van der Waals surface area (Å²) in [7, 11) is -4.57. The lowest BCUT2D eigenvalue weighted by atomic mass is 9.81. The van der Waals surface area contributed by atoms with E-state index in [0.717, 1.165) is 0 Å². The van der Waals surface area contributed by atoms with E-state index in [1.54, 1.807) is 20.8 Å². The molecular weight excluding hydrogens is 475 g/mol. The van der Waals surface area contributed by atoms with E-state index < -0.39 is 51.1 Å². The number of rotatable bonds is 5. The van der Waals surface area contributed by atoms with Crippen molar-refractivity contribution in [3.63, 3.8) is 0 Å². The van der Waals surface area contributed by atoms with Gasteiger partial charge in [-0.25, -0.2) is 23.2 Å². The van der Waals surface area contributed by atoms with E-state index in [1.165, 1.54) is 24.2 Å². The van der Waals surface area contributed by atoms with Crippen molar-refractivity contribution in [2.24, 2.45) is 0 Å². The van der Waals surface area contributed by atoms with Crippen molar-refractivity contribution in [2.75, 3.05) is 13.1 Å². The zero-order chi connectivity index (χ0) is 26.4. The summed E-state index contributed by atoms with van der Waals surface area (Å²) in [5.41, 5.74) is -1.26. The molecule has 13 heteroatoms. The van der Waals surface area contributed by atoms with E-state index in [9.17, 15) is 18.0 Å². The maximum absolute atomic E-state index is 13.1. The monoisotopic (exact) mass is 510 g/mol. The van der Waals surface area contributed by atoms with Gasteiger partial charge in [0, 0.05) is 30.9 Å². The number of hydrogen-bond acceptors (Lipinski definition) is 9. The lowest BCUT2D eigenvalue weighted by molar-refractivity contribution is -0.131. The van der Waals surface area contributed by atoms with E-state index >= 15 is 0 Å². The van der Waals surface area contributed by atoms with Gasteiger partial charge in [-0.1, -0.05) is 0 Å². The van der Waals surface area contributed by atoms with Crippen molar-refractivity contribution >= 4 is 34.4 Å². The number of sulfone groups is 1. The van der Waals surface area contributed by atoms with Crippen LogP contribution in [0.15, 0.2) is 17.6 Å². The Labute approximate surface area is 207 Å². The SMILES string of the molecule is C[C@@H](NC(=O)OC(C)(C)C)C(=O)N1CC[C@H](S(=O)(=O)c2ncc(B3OC(C)(C)C(C)(C)O3)cn2)C1. The van der Waals surface area contributed by atoms with E-state index in [2.05, 4.69) is 15.3 Å². The summed E-state index contributed by atoms with van der Waals surface area (Å²) in [6, 6.07) is -0.859. The molecule has 35 heavy (non-hydrogen) atoms. The Morgan fingerprint density at radius 1 is 1.17 bits per heavy atom. The van der Waals surface area contributed by atoms with Crippen LogP contribution in [0.25, 0.3) is 0 Å². The molecule has 194 valence electrons. The zero-order valence-electron chi connectivity index (χ0n) is 21.6. The van der Waals surface area contributed by atoms with Crippen molar-refractivity contribution in [2.45, 2.75) is 95.1 Å². The van der Waals surface area contributed by atoms with Gasteiger partial charge in [-0.2, -0.15) is 0 Å². The van der Waals surface area contributed by atoms with Crippen LogP contribution >= 0.6 is 0 Å². The molecule has 2 amide bonds. The van der Waals surface area contributed by atoms with Crippen LogP contribution in [0.5, 0.6) is 0 Å². The summed E-state index contributed by atoms with van der Waals surface area (Å²) in [4.78, 5) is 34.3. The van der Waals surface area contributed by atoms with Crippen LogP contribution in [0.1, 0.15) is 61.8 Å². The average Bonchev–Trinajstić information content (AvgIpc) is 3.29. The topological polar surface area (TPSA) is 137 Å². The lowest BCUT2D eigenvalue weighted by Crippen LogP contribution is -2.48. The summed E-state index contributed by atoms with van der Waals surface area (Å²) >= 11 is 0. The summed E-state index contributed by atoms with van der Waals surface area (Å²) < 4.78 is 43.3. The summed E-state index contributed by atoms with van der Waals surface area (Å²) in [6.07, 6.45) is 2.33. The van der Waals surface area contributed by atoms with Crippen molar-refractivity contribution in [3.8, 4) is 0 Å². The molecule has 0 radical (unpaired) electrons. The Hall–Kier alpha value is -2.25. The van der Waals surface area contributed by atoms with Crippen LogP contribution in [0, 0.1) is 0 Å². The van der Waals surface area contributed by atoms with Gasteiger partial charge in [0.05, 0.1) is 16.5 Å². The first kappa shape index (κ1) is 27.3. The first-order valence-corrected chi connectivity index (χ1v) is 13.2. The Balaban J connectivity index is 1.63. The molecule has 0 aliphatic carbocycles.